The van der Waals surface area contributed by atoms with Crippen LogP contribution in [0.1, 0.15) is 36.7 Å². The van der Waals surface area contributed by atoms with E-state index in [0.29, 0.717) is 5.75 Å². The average molecular weight is 318 g/mol. The van der Waals surface area contributed by atoms with Crippen LogP contribution in [0.2, 0.25) is 0 Å². The summed E-state index contributed by atoms with van der Waals surface area (Å²) in [6.45, 7) is 6.66. The molecule has 0 radical (unpaired) electrons. The van der Waals surface area contributed by atoms with Crippen molar-refractivity contribution in [3.8, 4) is 11.8 Å². The summed E-state index contributed by atoms with van der Waals surface area (Å²) in [5.74, 6) is -0.874. The van der Waals surface area contributed by atoms with Gasteiger partial charge in [0.1, 0.15) is 16.9 Å². The van der Waals surface area contributed by atoms with E-state index in [9.17, 15) is 9.59 Å². The molecule has 6 heteroatoms. The van der Waals surface area contributed by atoms with E-state index in [1.54, 1.807) is 19.1 Å². The Bertz CT molecular complexity index is 634. The number of nitriles is 1. The Labute approximate surface area is 136 Å². The fourth-order valence-corrected chi connectivity index (χ4v) is 1.82. The number of hydrogen-bond donors (Lipinski definition) is 1. The van der Waals surface area contributed by atoms with Gasteiger partial charge >= 0.3 is 5.97 Å². The second kappa shape index (κ2) is 7.63. The summed E-state index contributed by atoms with van der Waals surface area (Å²) in [5.41, 5.74) is 0.121. The van der Waals surface area contributed by atoms with Crippen molar-refractivity contribution < 1.29 is 19.1 Å². The van der Waals surface area contributed by atoms with Crippen molar-refractivity contribution in [1.29, 1.82) is 5.26 Å². The molecule has 1 atom stereocenters. The van der Waals surface area contributed by atoms with Gasteiger partial charge in [0, 0.05) is 0 Å². The van der Waals surface area contributed by atoms with Crippen molar-refractivity contribution in [2.45, 2.75) is 33.2 Å². The Morgan fingerprint density at radius 1 is 1.39 bits per heavy atom. The molecule has 1 amide bonds. The molecular weight excluding hydrogens is 296 g/mol. The molecule has 1 aromatic carbocycles. The van der Waals surface area contributed by atoms with Gasteiger partial charge in [0.25, 0.3) is 5.91 Å². The Hall–Kier alpha value is -2.55. The molecule has 0 saturated carbocycles. The van der Waals surface area contributed by atoms with Crippen molar-refractivity contribution in [1.82, 2.24) is 5.32 Å². The van der Waals surface area contributed by atoms with Gasteiger partial charge in [0.05, 0.1) is 13.2 Å². The van der Waals surface area contributed by atoms with Gasteiger partial charge in [0.15, 0.2) is 6.61 Å². The molecule has 1 N–H and O–H groups in total. The number of methoxy groups -OCH3 is 1. The smallest absolute Gasteiger partial charge is 0.342 e. The fourth-order valence-electron chi connectivity index (χ4n) is 1.82. The van der Waals surface area contributed by atoms with Crippen LogP contribution in [0.15, 0.2) is 18.2 Å². The Kier molecular flexibility index (Phi) is 6.14. The topological polar surface area (TPSA) is 88.4 Å². The molecular formula is C17H22N2O4. The molecule has 1 aromatic rings. The normalized spacial score (nSPS) is 12.9. The van der Waals surface area contributed by atoms with E-state index in [1.165, 1.54) is 7.11 Å². The van der Waals surface area contributed by atoms with Gasteiger partial charge in [-0.2, -0.15) is 5.26 Å². The predicted octanol–water partition coefficient (Wildman–Crippen LogP) is 2.21. The van der Waals surface area contributed by atoms with E-state index < -0.39 is 24.0 Å². The van der Waals surface area contributed by atoms with Crippen molar-refractivity contribution in [3.63, 3.8) is 0 Å². The lowest BCUT2D eigenvalue weighted by molar-refractivity contribution is -0.125. The summed E-state index contributed by atoms with van der Waals surface area (Å²) in [7, 11) is 1.45. The number of benzene rings is 1. The summed E-state index contributed by atoms with van der Waals surface area (Å²) < 4.78 is 10.1. The van der Waals surface area contributed by atoms with Crippen LogP contribution in [0.5, 0.6) is 5.75 Å². The van der Waals surface area contributed by atoms with Crippen molar-refractivity contribution in [2.75, 3.05) is 13.7 Å². The summed E-state index contributed by atoms with van der Waals surface area (Å²) >= 11 is 0. The van der Waals surface area contributed by atoms with Crippen LogP contribution in [-0.2, 0) is 9.53 Å². The van der Waals surface area contributed by atoms with Gasteiger partial charge in [-0.1, -0.05) is 25.5 Å². The number of nitrogens with one attached hydrogen (secondary N) is 1. The lowest BCUT2D eigenvalue weighted by Crippen LogP contribution is -2.50. The highest BCUT2D eigenvalue weighted by molar-refractivity contribution is 5.94. The van der Waals surface area contributed by atoms with Crippen molar-refractivity contribution in [3.05, 3.63) is 29.3 Å². The monoisotopic (exact) mass is 318 g/mol. The lowest BCUT2D eigenvalue weighted by Gasteiger charge is -2.27. The maximum absolute atomic E-state index is 12.1. The number of nitrogens with zero attached hydrogens (tertiary/aromatic N) is 1. The van der Waals surface area contributed by atoms with Crippen LogP contribution >= 0.6 is 0 Å². The zero-order valence-corrected chi connectivity index (χ0v) is 14.1. The number of hydrogen-bond acceptors (Lipinski definition) is 5. The second-order valence-electron chi connectivity index (χ2n) is 5.80. The largest absolute Gasteiger partial charge is 0.496 e. The maximum Gasteiger partial charge on any atom is 0.342 e. The fraction of sp³-hybridized carbons (Fsp3) is 0.471. The van der Waals surface area contributed by atoms with E-state index in [1.807, 2.05) is 26.8 Å². The molecule has 124 valence electrons. The zero-order valence-electron chi connectivity index (χ0n) is 14.1. The summed E-state index contributed by atoms with van der Waals surface area (Å²) in [6.07, 6.45) is 0. The van der Waals surface area contributed by atoms with Gasteiger partial charge in [-0.15, -0.1) is 0 Å². The van der Waals surface area contributed by atoms with Crippen molar-refractivity contribution in [2.24, 2.45) is 5.92 Å². The maximum atomic E-state index is 12.1. The van der Waals surface area contributed by atoms with Gasteiger partial charge in [-0.3, -0.25) is 4.79 Å². The lowest BCUT2D eigenvalue weighted by atomic mass is 9.90. The summed E-state index contributed by atoms with van der Waals surface area (Å²) in [6, 6.07) is 7.17. The van der Waals surface area contributed by atoms with Gasteiger partial charge < -0.3 is 14.8 Å². The first kappa shape index (κ1) is 18.5. The minimum absolute atomic E-state index is 0.0796. The molecule has 0 aromatic heterocycles. The molecule has 1 rings (SSSR count). The number of carbonyl (C=O) groups excluding carboxylic acids is 2. The Balaban J connectivity index is 2.72. The standard InChI is InChI=1S/C17H22N2O4/c1-11(2)17(4,10-18)19-15(20)9-23-16(21)13-8-12(3)6-7-14(13)22-5/h6-8,11H,9H2,1-5H3,(H,19,20)/t17-/m0/s1. The first-order valence-electron chi connectivity index (χ1n) is 7.27. The SMILES string of the molecule is COc1ccc(C)cc1C(=O)OCC(=O)N[C@@](C)(C#N)C(C)C. The highest BCUT2D eigenvalue weighted by Gasteiger charge is 2.30. The number of rotatable bonds is 6. The van der Waals surface area contributed by atoms with Crippen LogP contribution < -0.4 is 10.1 Å². The van der Waals surface area contributed by atoms with E-state index in [-0.39, 0.29) is 11.5 Å². The first-order valence-corrected chi connectivity index (χ1v) is 7.27. The number of aryl methyl sites for hydroxylation is 1. The molecule has 0 aliphatic rings. The summed E-state index contributed by atoms with van der Waals surface area (Å²) in [5, 5.41) is 11.8. The molecule has 0 unspecified atom stereocenters. The van der Waals surface area contributed by atoms with Crippen LogP contribution in [0.4, 0.5) is 0 Å². The quantitative estimate of drug-likeness (QED) is 0.812. The molecule has 0 saturated heterocycles. The van der Waals surface area contributed by atoms with Gasteiger partial charge in [0.2, 0.25) is 0 Å². The number of ether oxygens (including phenoxy) is 2. The molecule has 0 aliphatic heterocycles. The molecule has 23 heavy (non-hydrogen) atoms. The molecule has 6 nitrogen and oxygen atoms in total. The Morgan fingerprint density at radius 2 is 2.04 bits per heavy atom. The van der Waals surface area contributed by atoms with Crippen LogP contribution in [0, 0.1) is 24.2 Å². The minimum atomic E-state index is -1.01. The third-order valence-electron chi connectivity index (χ3n) is 3.70. The van der Waals surface area contributed by atoms with Crippen LogP contribution in [0.3, 0.4) is 0 Å². The number of carbonyl (C=O) groups is 2. The number of amides is 1. The highest BCUT2D eigenvalue weighted by Crippen LogP contribution is 2.20. The summed E-state index contributed by atoms with van der Waals surface area (Å²) in [4.78, 5) is 24.0. The van der Waals surface area contributed by atoms with E-state index in [4.69, 9.17) is 14.7 Å². The van der Waals surface area contributed by atoms with Gasteiger partial charge in [-0.25, -0.2) is 4.79 Å². The molecule has 0 fully saturated rings. The first-order chi connectivity index (χ1) is 10.7. The predicted molar refractivity (Wildman–Crippen MR) is 85.0 cm³/mol. The average Bonchev–Trinajstić information content (AvgIpc) is 2.52. The van der Waals surface area contributed by atoms with E-state index in [0.717, 1.165) is 5.56 Å². The van der Waals surface area contributed by atoms with Crippen LogP contribution in [0.25, 0.3) is 0 Å². The minimum Gasteiger partial charge on any atom is -0.496 e. The second-order valence-corrected chi connectivity index (χ2v) is 5.80. The van der Waals surface area contributed by atoms with E-state index >= 15 is 0 Å². The Morgan fingerprint density at radius 3 is 2.57 bits per heavy atom. The molecule has 0 aliphatic carbocycles. The third-order valence-corrected chi connectivity index (χ3v) is 3.70. The molecule has 0 bridgehead atoms. The highest BCUT2D eigenvalue weighted by atomic mass is 16.5. The van der Waals surface area contributed by atoms with E-state index in [2.05, 4.69) is 11.4 Å². The zero-order chi connectivity index (χ0) is 17.6. The van der Waals surface area contributed by atoms with Gasteiger partial charge in [-0.05, 0) is 31.9 Å². The van der Waals surface area contributed by atoms with Crippen molar-refractivity contribution >= 4 is 11.9 Å². The molecule has 0 spiro atoms. The third kappa shape index (κ3) is 4.71. The number of esters is 1. The van der Waals surface area contributed by atoms with Crippen LogP contribution in [-0.4, -0.2) is 31.1 Å². The molecule has 0 heterocycles.